The quantitative estimate of drug-likeness (QED) is 0.636. The number of ether oxygens (including phenoxy) is 2. The highest BCUT2D eigenvalue weighted by molar-refractivity contribution is 6.30. The first kappa shape index (κ1) is 19.8. The van der Waals surface area contributed by atoms with Crippen molar-refractivity contribution in [3.05, 3.63) is 64.8 Å². The number of methoxy groups -OCH3 is 1. The summed E-state index contributed by atoms with van der Waals surface area (Å²) in [6, 6.07) is 13.8. The Hall–Kier alpha value is -2.50. The Morgan fingerprint density at radius 2 is 2.07 bits per heavy atom. The van der Waals surface area contributed by atoms with E-state index in [1.165, 1.54) is 0 Å². The van der Waals surface area contributed by atoms with Gasteiger partial charge in [0.15, 0.2) is 0 Å². The Kier molecular flexibility index (Phi) is 5.79. The van der Waals surface area contributed by atoms with Gasteiger partial charge in [-0.25, -0.2) is 0 Å². The van der Waals surface area contributed by atoms with Gasteiger partial charge in [0.1, 0.15) is 5.75 Å². The van der Waals surface area contributed by atoms with Gasteiger partial charge in [0.25, 0.3) is 0 Å². The van der Waals surface area contributed by atoms with Crippen molar-refractivity contribution in [2.45, 2.75) is 24.7 Å². The second-order valence-electron chi connectivity index (χ2n) is 7.58. The van der Waals surface area contributed by atoms with E-state index in [1.54, 1.807) is 7.11 Å². The number of aromatic amines is 1. The summed E-state index contributed by atoms with van der Waals surface area (Å²) in [6.45, 7) is 1.94. The van der Waals surface area contributed by atoms with Crippen LogP contribution in [0.3, 0.4) is 0 Å². The number of rotatable bonds is 6. The molecule has 2 N–H and O–H groups in total. The number of benzene rings is 2. The molecule has 2 aromatic carbocycles. The van der Waals surface area contributed by atoms with Crippen molar-refractivity contribution in [3.63, 3.8) is 0 Å². The predicted octanol–water partition coefficient (Wildman–Crippen LogP) is 4.24. The second-order valence-corrected chi connectivity index (χ2v) is 8.02. The summed E-state index contributed by atoms with van der Waals surface area (Å²) in [5, 5.41) is 4.88. The Bertz CT molecular complexity index is 1010. The lowest BCUT2D eigenvalue weighted by molar-refractivity contribution is -0.120. The van der Waals surface area contributed by atoms with Gasteiger partial charge in [-0.05, 0) is 54.3 Å². The maximum atomic E-state index is 12.8. The SMILES string of the molecule is COc1ccc2[nH]cc(CC(=O)NCC3(c4cccc(Cl)c4)CCOCC3)c2c1. The zero-order valence-electron chi connectivity index (χ0n) is 16.5. The normalized spacial score (nSPS) is 15.9. The van der Waals surface area contributed by atoms with Crippen molar-refractivity contribution in [1.29, 1.82) is 0 Å². The topological polar surface area (TPSA) is 63.4 Å². The number of carbonyl (C=O) groups excluding carboxylic acids is 1. The number of amides is 1. The van der Waals surface area contributed by atoms with Gasteiger partial charge in [0.2, 0.25) is 5.91 Å². The molecule has 29 heavy (non-hydrogen) atoms. The summed E-state index contributed by atoms with van der Waals surface area (Å²) in [4.78, 5) is 16.0. The van der Waals surface area contributed by atoms with Crippen molar-refractivity contribution in [2.24, 2.45) is 0 Å². The third-order valence-corrected chi connectivity index (χ3v) is 6.07. The maximum Gasteiger partial charge on any atom is 0.224 e. The fourth-order valence-corrected chi connectivity index (χ4v) is 4.27. The number of aromatic nitrogens is 1. The monoisotopic (exact) mass is 412 g/mol. The Morgan fingerprint density at radius 3 is 2.83 bits per heavy atom. The fourth-order valence-electron chi connectivity index (χ4n) is 4.08. The smallest absolute Gasteiger partial charge is 0.224 e. The molecule has 0 saturated carbocycles. The number of fused-ring (bicyclic) bond motifs is 1. The Morgan fingerprint density at radius 1 is 1.24 bits per heavy atom. The van der Waals surface area contributed by atoms with Crippen LogP contribution in [0.15, 0.2) is 48.7 Å². The average molecular weight is 413 g/mol. The molecular weight excluding hydrogens is 388 g/mol. The molecule has 2 heterocycles. The summed E-state index contributed by atoms with van der Waals surface area (Å²) >= 11 is 6.23. The lowest BCUT2D eigenvalue weighted by Gasteiger charge is -2.38. The zero-order valence-corrected chi connectivity index (χ0v) is 17.2. The summed E-state index contributed by atoms with van der Waals surface area (Å²) in [5.41, 5.74) is 2.96. The van der Waals surface area contributed by atoms with E-state index < -0.39 is 0 Å². The third kappa shape index (κ3) is 4.26. The minimum Gasteiger partial charge on any atom is -0.497 e. The molecule has 1 aliphatic rings. The van der Waals surface area contributed by atoms with E-state index in [0.29, 0.717) is 31.2 Å². The molecule has 1 aromatic heterocycles. The highest BCUT2D eigenvalue weighted by atomic mass is 35.5. The number of hydrogen-bond donors (Lipinski definition) is 2. The molecule has 0 bridgehead atoms. The maximum absolute atomic E-state index is 12.8. The molecule has 0 unspecified atom stereocenters. The molecular formula is C23H25ClN2O3. The van der Waals surface area contributed by atoms with E-state index in [2.05, 4.69) is 16.4 Å². The molecule has 3 aromatic rings. The molecule has 4 rings (SSSR count). The molecule has 0 radical (unpaired) electrons. The van der Waals surface area contributed by atoms with Crippen molar-refractivity contribution in [2.75, 3.05) is 26.9 Å². The van der Waals surface area contributed by atoms with Crippen molar-refractivity contribution >= 4 is 28.4 Å². The van der Waals surface area contributed by atoms with Crippen LogP contribution in [-0.2, 0) is 21.4 Å². The summed E-state index contributed by atoms with van der Waals surface area (Å²) in [5.74, 6) is 0.780. The standard InChI is InChI=1S/C23H25ClN2O3/c1-28-19-5-6-21-20(13-19)16(14-25-21)11-22(27)26-15-23(7-9-29-10-8-23)17-3-2-4-18(24)12-17/h2-6,12-14,25H,7-11,15H2,1H3,(H,26,27). The van der Waals surface area contributed by atoms with E-state index in [-0.39, 0.29) is 11.3 Å². The van der Waals surface area contributed by atoms with Crippen molar-refractivity contribution in [1.82, 2.24) is 10.3 Å². The summed E-state index contributed by atoms with van der Waals surface area (Å²) in [7, 11) is 1.64. The van der Waals surface area contributed by atoms with Crippen LogP contribution in [0.4, 0.5) is 0 Å². The molecule has 5 nitrogen and oxygen atoms in total. The van der Waals surface area contributed by atoms with Gasteiger partial charge in [0.05, 0.1) is 13.5 Å². The molecule has 1 fully saturated rings. The highest BCUT2D eigenvalue weighted by Gasteiger charge is 2.35. The van der Waals surface area contributed by atoms with E-state index in [9.17, 15) is 4.79 Å². The van der Waals surface area contributed by atoms with E-state index in [0.717, 1.165) is 40.6 Å². The molecule has 1 amide bonds. The van der Waals surface area contributed by atoms with Crippen LogP contribution in [-0.4, -0.2) is 37.8 Å². The first-order valence-corrected chi connectivity index (χ1v) is 10.2. The summed E-state index contributed by atoms with van der Waals surface area (Å²) in [6.07, 6.45) is 3.93. The van der Waals surface area contributed by atoms with E-state index >= 15 is 0 Å². The summed E-state index contributed by atoms with van der Waals surface area (Å²) < 4.78 is 10.9. The van der Waals surface area contributed by atoms with Crippen LogP contribution in [0.5, 0.6) is 5.75 Å². The van der Waals surface area contributed by atoms with Crippen LogP contribution in [0.25, 0.3) is 10.9 Å². The minimum atomic E-state index is -0.151. The van der Waals surface area contributed by atoms with Gasteiger partial charge in [-0.15, -0.1) is 0 Å². The molecule has 6 heteroatoms. The third-order valence-electron chi connectivity index (χ3n) is 5.84. The van der Waals surface area contributed by atoms with Gasteiger partial charge < -0.3 is 19.8 Å². The average Bonchev–Trinajstić information content (AvgIpc) is 3.15. The largest absolute Gasteiger partial charge is 0.497 e. The number of nitrogens with one attached hydrogen (secondary N) is 2. The highest BCUT2D eigenvalue weighted by Crippen LogP contribution is 2.35. The van der Waals surface area contributed by atoms with Crippen LogP contribution >= 0.6 is 11.6 Å². The molecule has 0 spiro atoms. The fraction of sp³-hybridized carbons (Fsp3) is 0.348. The number of halogens is 1. The van der Waals surface area contributed by atoms with E-state index in [1.807, 2.05) is 42.6 Å². The Balaban J connectivity index is 1.49. The number of H-pyrrole nitrogens is 1. The Labute approximate surface area is 175 Å². The number of hydrogen-bond acceptors (Lipinski definition) is 3. The predicted molar refractivity (Wildman–Crippen MR) is 115 cm³/mol. The lowest BCUT2D eigenvalue weighted by atomic mass is 9.74. The van der Waals surface area contributed by atoms with Crippen LogP contribution in [0, 0.1) is 0 Å². The zero-order chi connectivity index (χ0) is 20.3. The van der Waals surface area contributed by atoms with Crippen LogP contribution in [0.2, 0.25) is 5.02 Å². The van der Waals surface area contributed by atoms with Crippen molar-refractivity contribution in [3.8, 4) is 5.75 Å². The molecule has 1 saturated heterocycles. The van der Waals surface area contributed by atoms with Crippen molar-refractivity contribution < 1.29 is 14.3 Å². The van der Waals surface area contributed by atoms with Gasteiger partial charge in [-0.1, -0.05) is 23.7 Å². The second kappa shape index (κ2) is 8.47. The first-order chi connectivity index (χ1) is 14.1. The minimum absolute atomic E-state index is 0.00150. The molecule has 0 aliphatic carbocycles. The van der Waals surface area contributed by atoms with Gasteiger partial charge >= 0.3 is 0 Å². The van der Waals surface area contributed by atoms with Gasteiger partial charge in [0, 0.05) is 47.3 Å². The number of carbonyl (C=O) groups is 1. The lowest BCUT2D eigenvalue weighted by Crippen LogP contribution is -2.45. The molecule has 1 aliphatic heterocycles. The van der Waals surface area contributed by atoms with Crippen LogP contribution < -0.4 is 10.1 Å². The van der Waals surface area contributed by atoms with Gasteiger partial charge in [-0.3, -0.25) is 4.79 Å². The molecule has 0 atom stereocenters. The van der Waals surface area contributed by atoms with E-state index in [4.69, 9.17) is 21.1 Å². The first-order valence-electron chi connectivity index (χ1n) is 9.84. The van der Waals surface area contributed by atoms with Crippen LogP contribution in [0.1, 0.15) is 24.0 Å². The van der Waals surface area contributed by atoms with Gasteiger partial charge in [-0.2, -0.15) is 0 Å². The molecule has 152 valence electrons.